The van der Waals surface area contributed by atoms with Crippen LogP contribution >= 0.6 is 0 Å². The molecule has 1 amide bonds. The first-order chi connectivity index (χ1) is 11.4. The lowest BCUT2D eigenvalue weighted by molar-refractivity contribution is -0.155. The number of alkyl halides is 2. The highest BCUT2D eigenvalue weighted by Gasteiger charge is 2.56. The van der Waals surface area contributed by atoms with Crippen LogP contribution in [0.4, 0.5) is 8.78 Å². The summed E-state index contributed by atoms with van der Waals surface area (Å²) in [6, 6.07) is 9.13. The second-order valence-corrected chi connectivity index (χ2v) is 6.86. The normalized spacial score (nSPS) is 26.8. The number of carbonyl (C=O) groups is 1. The van der Waals surface area contributed by atoms with Crippen molar-refractivity contribution >= 4 is 5.91 Å². The van der Waals surface area contributed by atoms with E-state index in [1.807, 2.05) is 6.92 Å². The van der Waals surface area contributed by atoms with Crippen LogP contribution in [0.25, 0.3) is 0 Å². The molecule has 2 aliphatic heterocycles. The zero-order chi connectivity index (χ0) is 17.4. The molecule has 0 N–H and O–H groups in total. The summed E-state index contributed by atoms with van der Waals surface area (Å²) in [5.41, 5.74) is 0.235. The van der Waals surface area contributed by atoms with E-state index in [9.17, 15) is 18.8 Å². The van der Waals surface area contributed by atoms with E-state index in [1.54, 1.807) is 34.1 Å². The van der Waals surface area contributed by atoms with Gasteiger partial charge in [0.15, 0.2) is 0 Å². The average Bonchev–Trinajstić information content (AvgIpc) is 2.82. The molecule has 24 heavy (non-hydrogen) atoms. The standard InChI is InChI=1S/C18H21F2N3O/c1-2-23-8-7-17(16(23)24)11-18(19,20)13-22(12-17)10-15-6-4-3-5-14(15)9-21/h3-6H,2,7-8,10-13H2,1H3. The summed E-state index contributed by atoms with van der Waals surface area (Å²) in [5.74, 6) is -3.04. The van der Waals surface area contributed by atoms with E-state index in [-0.39, 0.29) is 25.4 Å². The van der Waals surface area contributed by atoms with Crippen molar-refractivity contribution in [2.45, 2.75) is 32.2 Å². The molecule has 0 aliphatic carbocycles. The minimum Gasteiger partial charge on any atom is -0.342 e. The Morgan fingerprint density at radius 1 is 1.29 bits per heavy atom. The number of rotatable bonds is 3. The monoisotopic (exact) mass is 333 g/mol. The fourth-order valence-electron chi connectivity index (χ4n) is 4.04. The van der Waals surface area contributed by atoms with Gasteiger partial charge in [-0.25, -0.2) is 8.78 Å². The lowest BCUT2D eigenvalue weighted by Gasteiger charge is -2.43. The van der Waals surface area contributed by atoms with Crippen LogP contribution < -0.4 is 0 Å². The molecule has 2 heterocycles. The van der Waals surface area contributed by atoms with Crippen LogP contribution in [0.5, 0.6) is 0 Å². The lowest BCUT2D eigenvalue weighted by atomic mass is 9.76. The van der Waals surface area contributed by atoms with E-state index in [0.717, 1.165) is 5.56 Å². The Kier molecular flexibility index (Phi) is 4.31. The molecule has 0 radical (unpaired) electrons. The number of nitriles is 1. The van der Waals surface area contributed by atoms with Crippen molar-refractivity contribution in [2.75, 3.05) is 26.2 Å². The molecule has 0 aromatic heterocycles. The SMILES string of the molecule is CCN1CCC2(CN(Cc3ccccc3C#N)CC(F)(F)C2)C1=O. The van der Waals surface area contributed by atoms with Crippen molar-refractivity contribution < 1.29 is 13.6 Å². The van der Waals surface area contributed by atoms with Gasteiger partial charge in [-0.15, -0.1) is 0 Å². The minimum atomic E-state index is -2.89. The maximum Gasteiger partial charge on any atom is 0.261 e. The summed E-state index contributed by atoms with van der Waals surface area (Å²) in [5, 5.41) is 9.19. The Labute approximate surface area is 140 Å². The summed E-state index contributed by atoms with van der Waals surface area (Å²) in [7, 11) is 0. The molecule has 1 aromatic rings. The Morgan fingerprint density at radius 2 is 2.04 bits per heavy atom. The van der Waals surface area contributed by atoms with Gasteiger partial charge in [-0.1, -0.05) is 18.2 Å². The van der Waals surface area contributed by atoms with Crippen LogP contribution in [0.1, 0.15) is 30.9 Å². The topological polar surface area (TPSA) is 47.3 Å². The number of benzene rings is 1. The third-order valence-electron chi connectivity index (χ3n) is 5.09. The Bertz CT molecular complexity index is 685. The van der Waals surface area contributed by atoms with Gasteiger partial charge in [0.2, 0.25) is 5.91 Å². The van der Waals surface area contributed by atoms with Gasteiger partial charge in [-0.3, -0.25) is 9.69 Å². The lowest BCUT2D eigenvalue weighted by Crippen LogP contribution is -2.55. The highest BCUT2D eigenvalue weighted by molar-refractivity contribution is 5.85. The number of amides is 1. The van der Waals surface area contributed by atoms with Crippen LogP contribution in [0.15, 0.2) is 24.3 Å². The summed E-state index contributed by atoms with van der Waals surface area (Å²) < 4.78 is 28.7. The second-order valence-electron chi connectivity index (χ2n) is 6.86. The van der Waals surface area contributed by atoms with Crippen molar-refractivity contribution in [3.8, 4) is 6.07 Å². The van der Waals surface area contributed by atoms with Crippen molar-refractivity contribution in [3.05, 3.63) is 35.4 Å². The smallest absolute Gasteiger partial charge is 0.261 e. The molecule has 2 aliphatic rings. The molecular formula is C18H21F2N3O. The first kappa shape index (κ1) is 16.8. The average molecular weight is 333 g/mol. The van der Waals surface area contributed by atoms with E-state index < -0.39 is 11.3 Å². The second kappa shape index (κ2) is 6.14. The van der Waals surface area contributed by atoms with Gasteiger partial charge in [-0.2, -0.15) is 5.26 Å². The van der Waals surface area contributed by atoms with E-state index in [1.165, 1.54) is 0 Å². The molecule has 1 spiro atoms. The number of hydrogen-bond acceptors (Lipinski definition) is 3. The highest BCUT2D eigenvalue weighted by atomic mass is 19.3. The summed E-state index contributed by atoms with van der Waals surface area (Å²) in [6.07, 6.45) is 0.109. The van der Waals surface area contributed by atoms with E-state index in [2.05, 4.69) is 6.07 Å². The van der Waals surface area contributed by atoms with Gasteiger partial charge in [0.05, 0.1) is 23.6 Å². The van der Waals surface area contributed by atoms with Crippen LogP contribution in [-0.2, 0) is 11.3 Å². The van der Waals surface area contributed by atoms with Gasteiger partial charge in [0.25, 0.3) is 5.92 Å². The molecule has 3 rings (SSSR count). The zero-order valence-corrected chi connectivity index (χ0v) is 13.8. The predicted octanol–water partition coefficient (Wildman–Crippen LogP) is 2.64. The van der Waals surface area contributed by atoms with Crippen LogP contribution in [0.3, 0.4) is 0 Å². The number of carbonyl (C=O) groups excluding carboxylic acids is 1. The molecular weight excluding hydrogens is 312 g/mol. The summed E-state index contributed by atoms with van der Waals surface area (Å²) in [6.45, 7) is 3.21. The molecule has 6 heteroatoms. The highest BCUT2D eigenvalue weighted by Crippen LogP contribution is 2.45. The van der Waals surface area contributed by atoms with Gasteiger partial charge >= 0.3 is 0 Å². The van der Waals surface area contributed by atoms with E-state index in [0.29, 0.717) is 31.6 Å². The van der Waals surface area contributed by atoms with Crippen molar-refractivity contribution in [1.82, 2.24) is 9.80 Å². The first-order valence-corrected chi connectivity index (χ1v) is 8.27. The number of halogens is 2. The third-order valence-corrected chi connectivity index (χ3v) is 5.09. The molecule has 1 unspecified atom stereocenters. The minimum absolute atomic E-state index is 0.150. The molecule has 0 bridgehead atoms. The largest absolute Gasteiger partial charge is 0.342 e. The fraction of sp³-hybridized carbons (Fsp3) is 0.556. The molecule has 128 valence electrons. The van der Waals surface area contributed by atoms with Crippen LogP contribution in [-0.4, -0.2) is 47.8 Å². The van der Waals surface area contributed by atoms with Crippen LogP contribution in [0, 0.1) is 16.7 Å². The number of likely N-dealkylation sites (tertiary alicyclic amines) is 2. The maximum absolute atomic E-state index is 14.4. The number of nitrogens with zero attached hydrogens (tertiary/aromatic N) is 3. The Morgan fingerprint density at radius 3 is 2.71 bits per heavy atom. The maximum atomic E-state index is 14.4. The fourth-order valence-corrected chi connectivity index (χ4v) is 4.04. The molecule has 1 aromatic carbocycles. The quantitative estimate of drug-likeness (QED) is 0.854. The van der Waals surface area contributed by atoms with E-state index in [4.69, 9.17) is 0 Å². The number of piperidine rings is 1. The summed E-state index contributed by atoms with van der Waals surface area (Å²) >= 11 is 0. The van der Waals surface area contributed by atoms with Crippen molar-refractivity contribution in [2.24, 2.45) is 5.41 Å². The first-order valence-electron chi connectivity index (χ1n) is 8.27. The molecule has 4 nitrogen and oxygen atoms in total. The van der Waals surface area contributed by atoms with Gasteiger partial charge in [0.1, 0.15) is 0 Å². The predicted molar refractivity (Wildman–Crippen MR) is 85.3 cm³/mol. The van der Waals surface area contributed by atoms with Gasteiger partial charge in [-0.05, 0) is 25.0 Å². The Hall–Kier alpha value is -2.00. The molecule has 2 fully saturated rings. The van der Waals surface area contributed by atoms with Gasteiger partial charge in [0, 0.05) is 32.6 Å². The zero-order valence-electron chi connectivity index (χ0n) is 13.8. The summed E-state index contributed by atoms with van der Waals surface area (Å²) in [4.78, 5) is 15.9. The van der Waals surface area contributed by atoms with Crippen molar-refractivity contribution in [3.63, 3.8) is 0 Å². The third kappa shape index (κ3) is 3.01. The molecule has 2 saturated heterocycles. The number of hydrogen-bond donors (Lipinski definition) is 0. The van der Waals surface area contributed by atoms with E-state index >= 15 is 0 Å². The van der Waals surface area contributed by atoms with Gasteiger partial charge < -0.3 is 4.90 Å². The molecule has 0 saturated carbocycles. The Balaban J connectivity index is 1.85. The van der Waals surface area contributed by atoms with Crippen molar-refractivity contribution in [1.29, 1.82) is 5.26 Å². The van der Waals surface area contributed by atoms with Crippen LogP contribution in [0.2, 0.25) is 0 Å². The molecule has 1 atom stereocenters.